The van der Waals surface area contributed by atoms with Crippen molar-refractivity contribution in [2.24, 2.45) is 0 Å². The van der Waals surface area contributed by atoms with Gasteiger partial charge in [0.1, 0.15) is 11.5 Å². The smallest absolute Gasteiger partial charge is 0.256 e. The molecule has 5 aliphatic heterocycles. The highest BCUT2D eigenvalue weighted by atomic mass is 32.2. The Labute approximate surface area is 586 Å². The van der Waals surface area contributed by atoms with Gasteiger partial charge < -0.3 is 29.2 Å². The number of hydrogen-bond acceptors (Lipinski definition) is 7. The van der Waals surface area contributed by atoms with Gasteiger partial charge in [-0.2, -0.15) is 0 Å². The van der Waals surface area contributed by atoms with E-state index in [1.807, 2.05) is 11.8 Å². The van der Waals surface area contributed by atoms with E-state index in [2.05, 4.69) is 382 Å². The van der Waals surface area contributed by atoms with Crippen LogP contribution in [0.25, 0.3) is 11.1 Å². The van der Waals surface area contributed by atoms with Crippen LogP contribution in [-0.2, 0) is 5.41 Å². The minimum Gasteiger partial charge on any atom is -0.458 e. The van der Waals surface area contributed by atoms with Crippen molar-refractivity contribution < 1.29 is 4.74 Å². The lowest BCUT2D eigenvalue weighted by Crippen LogP contribution is -2.61. The van der Waals surface area contributed by atoms with E-state index in [1.165, 1.54) is 65.0 Å². The Morgan fingerprint density at radius 3 is 1.09 bits per heavy atom. The molecule has 0 unspecified atom stereocenters. The standard InChI is InChI=1S/C91H59B2N5OS/c1-8-30-60(31-9-1)94(61-32-10-2-11-33-61)67-52-82-89-83(53-67)97(65-40-18-6-19-41-65)80-58-87-73(56-77(80)92(89)75-48-26-28-50-79(75)96(82)64-38-16-5-17-39-64)91(71-46-24-22-44-69(71)70-45-23-25-47-72(70)91)74-57-78-81(59-88(74)100-87)98(66-42-20-7-21-43-66)84-54-68(55-86-90(84)93(78)76-49-27-29-51-85(76)99-86)95(62-34-12-3-13-35-62)63-36-14-4-15-37-63/h1-59H. The summed E-state index contributed by atoms with van der Waals surface area (Å²) in [5.41, 5.74) is 30.6. The SMILES string of the molecule is c1ccc(N(c2ccccc2)c2cc3c4c(c2)N(c2ccccc2)c2cc5c(cc2B4c2ccccc2O3)C2(c3cc4c(cc3S5)N(c3ccccc3)c3cc(N(c5ccccc5)c5ccccc5)cc5c3B4c3ccccc3N5c3ccccc3)c3ccccc3-c3ccccc32)cc1. The van der Waals surface area contributed by atoms with Crippen LogP contribution in [0, 0.1) is 0 Å². The van der Waals surface area contributed by atoms with Crippen LogP contribution in [0.2, 0.25) is 0 Å². The highest BCUT2D eigenvalue weighted by Crippen LogP contribution is 2.64. The highest BCUT2D eigenvalue weighted by Gasteiger charge is 2.54. The molecule has 0 radical (unpaired) electrons. The monoisotopic (exact) mass is 1290 g/mol. The Kier molecular flexibility index (Phi) is 12.7. The van der Waals surface area contributed by atoms with Crippen LogP contribution >= 0.6 is 11.8 Å². The predicted molar refractivity (Wildman–Crippen MR) is 417 cm³/mol. The fourth-order valence-electron chi connectivity index (χ4n) is 17.5. The Hall–Kier alpha value is -12.4. The molecule has 0 bridgehead atoms. The summed E-state index contributed by atoms with van der Waals surface area (Å²) in [4.78, 5) is 14.9. The van der Waals surface area contributed by atoms with Crippen LogP contribution in [0.5, 0.6) is 11.5 Å². The molecule has 1 spiro atoms. The highest BCUT2D eigenvalue weighted by molar-refractivity contribution is 7.99. The second kappa shape index (κ2) is 22.3. The van der Waals surface area contributed by atoms with Gasteiger partial charge in [0.05, 0.1) is 16.8 Å². The summed E-state index contributed by atoms with van der Waals surface area (Å²) in [7, 11) is 0. The minimum absolute atomic E-state index is 0.172. The van der Waals surface area contributed by atoms with Gasteiger partial charge in [0.15, 0.2) is 0 Å². The fraction of sp³-hybridized carbons (Fsp3) is 0.0110. The molecule has 0 amide bonds. The second-order valence-corrected chi connectivity index (χ2v) is 27.7. The molecule has 1 aliphatic carbocycles. The van der Waals surface area contributed by atoms with Gasteiger partial charge in [-0.15, -0.1) is 0 Å². The molecule has 466 valence electrons. The van der Waals surface area contributed by atoms with E-state index in [9.17, 15) is 0 Å². The van der Waals surface area contributed by atoms with Gasteiger partial charge in [-0.05, 0) is 194 Å². The predicted octanol–water partition coefficient (Wildman–Crippen LogP) is 19.9. The first kappa shape index (κ1) is 56.7. The lowest BCUT2D eigenvalue weighted by atomic mass is 9.33. The molecule has 15 aromatic rings. The lowest BCUT2D eigenvalue weighted by Gasteiger charge is -2.47. The van der Waals surface area contributed by atoms with E-state index in [0.717, 1.165) is 108 Å². The first-order valence-electron chi connectivity index (χ1n) is 34.5. The van der Waals surface area contributed by atoms with Gasteiger partial charge in [-0.1, -0.05) is 236 Å². The van der Waals surface area contributed by atoms with Crippen molar-refractivity contribution in [1.29, 1.82) is 0 Å². The number of nitrogens with zero attached hydrogens (tertiary/aromatic N) is 5. The van der Waals surface area contributed by atoms with E-state index in [4.69, 9.17) is 4.74 Å². The van der Waals surface area contributed by atoms with Gasteiger partial charge in [0.2, 0.25) is 0 Å². The molecule has 0 fully saturated rings. The maximum atomic E-state index is 7.33. The molecular weight excluding hydrogens is 1230 g/mol. The molecule has 15 aromatic carbocycles. The van der Waals surface area contributed by atoms with Crippen LogP contribution in [-0.4, -0.2) is 13.4 Å². The van der Waals surface area contributed by atoms with Crippen LogP contribution in [0.4, 0.5) is 85.3 Å². The largest absolute Gasteiger partial charge is 0.458 e. The van der Waals surface area contributed by atoms with Crippen LogP contribution in [0.1, 0.15) is 22.3 Å². The third-order valence-corrected chi connectivity index (χ3v) is 22.5. The first-order valence-corrected chi connectivity index (χ1v) is 35.3. The normalized spacial score (nSPS) is 13.8. The quantitative estimate of drug-likeness (QED) is 0.133. The van der Waals surface area contributed by atoms with Crippen LogP contribution in [0.3, 0.4) is 0 Å². The Morgan fingerprint density at radius 2 is 0.620 bits per heavy atom. The topological polar surface area (TPSA) is 25.4 Å². The van der Waals surface area contributed by atoms with Crippen molar-refractivity contribution >= 4 is 143 Å². The van der Waals surface area contributed by atoms with E-state index in [0.29, 0.717) is 0 Å². The van der Waals surface area contributed by atoms with Gasteiger partial charge in [0.25, 0.3) is 13.4 Å². The number of anilines is 15. The average Bonchev–Trinajstić information content (AvgIpc) is 1.37. The van der Waals surface area contributed by atoms with Crippen molar-refractivity contribution in [3.8, 4) is 22.6 Å². The van der Waals surface area contributed by atoms with Gasteiger partial charge >= 0.3 is 0 Å². The van der Waals surface area contributed by atoms with Crippen LogP contribution in [0.15, 0.2) is 368 Å². The van der Waals surface area contributed by atoms with Crippen molar-refractivity contribution in [1.82, 2.24) is 0 Å². The zero-order chi connectivity index (χ0) is 65.6. The summed E-state index contributed by atoms with van der Waals surface area (Å²) >= 11 is 1.92. The van der Waals surface area contributed by atoms with Crippen molar-refractivity contribution in [2.45, 2.75) is 15.2 Å². The maximum absolute atomic E-state index is 7.33. The summed E-state index contributed by atoms with van der Waals surface area (Å²) in [6.07, 6.45) is 0. The molecule has 100 heavy (non-hydrogen) atoms. The summed E-state index contributed by atoms with van der Waals surface area (Å²) < 4.78 is 7.33. The lowest BCUT2D eigenvalue weighted by molar-refractivity contribution is 0.487. The summed E-state index contributed by atoms with van der Waals surface area (Å²) in [6, 6.07) is 133. The van der Waals surface area contributed by atoms with E-state index >= 15 is 0 Å². The summed E-state index contributed by atoms with van der Waals surface area (Å²) in [5, 5.41) is 0. The Balaban J connectivity index is 0.856. The van der Waals surface area contributed by atoms with Crippen molar-refractivity contribution in [2.75, 3.05) is 24.5 Å². The molecule has 21 rings (SSSR count). The number of ether oxygens (including phenoxy) is 1. The summed E-state index contributed by atoms with van der Waals surface area (Å²) in [5.74, 6) is 1.71. The molecule has 5 heterocycles. The maximum Gasteiger partial charge on any atom is 0.256 e. The second-order valence-electron chi connectivity index (χ2n) is 26.6. The zero-order valence-electron chi connectivity index (χ0n) is 54.3. The van der Waals surface area contributed by atoms with Crippen LogP contribution < -0.4 is 62.0 Å². The van der Waals surface area contributed by atoms with Gasteiger partial charge in [-0.3, -0.25) is 0 Å². The number of rotatable bonds is 9. The number of hydrogen-bond donors (Lipinski definition) is 0. The van der Waals surface area contributed by atoms with Gasteiger partial charge in [0, 0.05) is 89.8 Å². The molecule has 0 N–H and O–H groups in total. The zero-order valence-corrected chi connectivity index (χ0v) is 55.1. The van der Waals surface area contributed by atoms with Crippen molar-refractivity contribution in [3.05, 3.63) is 380 Å². The van der Waals surface area contributed by atoms with E-state index in [-0.39, 0.29) is 13.4 Å². The third kappa shape index (κ3) is 8.30. The van der Waals surface area contributed by atoms with E-state index in [1.54, 1.807) is 0 Å². The first-order chi connectivity index (χ1) is 49.6. The molecular formula is C91H59B2N5OS. The number of benzene rings is 15. The third-order valence-electron chi connectivity index (χ3n) is 21.4. The molecule has 0 aromatic heterocycles. The summed E-state index contributed by atoms with van der Waals surface area (Å²) in [6.45, 7) is -0.357. The molecule has 6 nitrogen and oxygen atoms in total. The number of para-hydroxylation sites is 9. The molecule has 6 aliphatic rings. The van der Waals surface area contributed by atoms with E-state index < -0.39 is 5.41 Å². The Bertz CT molecular complexity index is 5670. The molecule has 0 saturated heterocycles. The average molecular weight is 1290 g/mol. The molecule has 0 saturated carbocycles. The van der Waals surface area contributed by atoms with Crippen molar-refractivity contribution in [3.63, 3.8) is 0 Å². The molecule has 9 heteroatoms. The molecule has 0 atom stereocenters. The van der Waals surface area contributed by atoms with Gasteiger partial charge in [-0.25, -0.2) is 0 Å². The minimum atomic E-state index is -0.769. The Morgan fingerprint density at radius 1 is 0.260 bits per heavy atom. The fourth-order valence-corrected chi connectivity index (χ4v) is 18.7. The number of fused-ring (bicyclic) bond motifs is 17.